The molecule has 0 heterocycles. The lowest BCUT2D eigenvalue weighted by Gasteiger charge is -2.56. The maximum Gasteiger partial charge on any atom is 0.304 e. The number of terminal acetylenes is 1. The first-order chi connectivity index (χ1) is 13.7. The zero-order valence-corrected chi connectivity index (χ0v) is 18.3. The van der Waals surface area contributed by atoms with Crippen molar-refractivity contribution in [2.24, 2.45) is 29.1 Å². The average Bonchev–Trinajstić information content (AvgIpc) is 2.94. The molecule has 5 heteroatoms. The third-order valence-electron chi connectivity index (χ3n) is 8.30. The number of ketones is 1. The molecule has 3 fully saturated rings. The quantitative estimate of drug-likeness (QED) is 0.497. The van der Waals surface area contributed by atoms with Gasteiger partial charge in [0.1, 0.15) is 0 Å². The van der Waals surface area contributed by atoms with E-state index >= 15 is 0 Å². The van der Waals surface area contributed by atoms with Crippen LogP contribution in [0.4, 0.5) is 0 Å². The van der Waals surface area contributed by atoms with Gasteiger partial charge < -0.3 is 4.74 Å². The van der Waals surface area contributed by atoms with E-state index < -0.39 is 5.60 Å². The Hall–Kier alpha value is -1.54. The largest absolute Gasteiger partial charge is 0.445 e. The second-order valence-electron chi connectivity index (χ2n) is 9.58. The Morgan fingerprint density at radius 2 is 1.97 bits per heavy atom. The molecule has 0 aliphatic heterocycles. The van der Waals surface area contributed by atoms with Crippen molar-refractivity contribution in [2.45, 2.75) is 76.6 Å². The fourth-order valence-corrected chi connectivity index (χ4v) is 8.25. The van der Waals surface area contributed by atoms with Gasteiger partial charge in [-0.25, -0.2) is 0 Å². The summed E-state index contributed by atoms with van der Waals surface area (Å²) in [6, 6.07) is 0. The summed E-state index contributed by atoms with van der Waals surface area (Å²) in [5, 5.41) is 0.189. The highest BCUT2D eigenvalue weighted by atomic mass is 32.2. The molecule has 0 N–H and O–H groups in total. The summed E-state index contributed by atoms with van der Waals surface area (Å²) in [6.45, 7) is 5.27. The van der Waals surface area contributed by atoms with Crippen molar-refractivity contribution in [1.82, 2.24) is 0 Å². The molecule has 0 amide bonds. The lowest BCUT2D eigenvalue weighted by Crippen LogP contribution is -2.54. The summed E-state index contributed by atoms with van der Waals surface area (Å²) in [4.78, 5) is 35.9. The van der Waals surface area contributed by atoms with Gasteiger partial charge in [-0.15, -0.1) is 6.42 Å². The van der Waals surface area contributed by atoms with E-state index in [-0.39, 0.29) is 27.5 Å². The minimum atomic E-state index is -0.823. The Balaban J connectivity index is 1.70. The first-order valence-electron chi connectivity index (χ1n) is 10.8. The van der Waals surface area contributed by atoms with Crippen molar-refractivity contribution in [3.05, 3.63) is 11.6 Å². The Labute approximate surface area is 177 Å². The third-order valence-corrected chi connectivity index (χ3v) is 9.38. The van der Waals surface area contributed by atoms with E-state index in [0.29, 0.717) is 36.5 Å². The predicted octanol–water partition coefficient (Wildman–Crippen LogP) is 4.32. The van der Waals surface area contributed by atoms with Crippen molar-refractivity contribution in [2.75, 3.05) is 0 Å². The number of esters is 1. The normalized spacial score (nSPS) is 43.3. The number of rotatable bonds is 2. The van der Waals surface area contributed by atoms with Crippen LogP contribution in [0.15, 0.2) is 11.6 Å². The standard InChI is InChI=1S/C24H30O4S/c1-5-24(28-14(2)25)11-9-21-19-13-22(29-15(3)26)20-12-16(27)6-7-17(20)18(19)8-10-23(21,24)4/h1,12,17-19,21-22H,6-11,13H2,2-4H3/t17-,18-,19-,21+,22?,23+,24?/m1/s1. The second-order valence-corrected chi connectivity index (χ2v) is 11.0. The second kappa shape index (κ2) is 7.30. The van der Waals surface area contributed by atoms with Crippen LogP contribution in [0.1, 0.15) is 65.7 Å². The van der Waals surface area contributed by atoms with Gasteiger partial charge in [-0.2, -0.15) is 0 Å². The van der Waals surface area contributed by atoms with Crippen LogP contribution < -0.4 is 0 Å². The van der Waals surface area contributed by atoms with Gasteiger partial charge in [0, 0.05) is 30.9 Å². The molecule has 0 saturated heterocycles. The Kier molecular flexibility index (Phi) is 5.22. The van der Waals surface area contributed by atoms with E-state index in [1.54, 1.807) is 6.92 Å². The van der Waals surface area contributed by atoms with Crippen molar-refractivity contribution in [1.29, 1.82) is 0 Å². The highest BCUT2D eigenvalue weighted by Crippen LogP contribution is 2.66. The summed E-state index contributed by atoms with van der Waals surface area (Å²) in [7, 11) is 0. The minimum absolute atomic E-state index is 0.0833. The molecule has 7 atom stereocenters. The molecule has 0 radical (unpaired) electrons. The van der Waals surface area contributed by atoms with E-state index in [4.69, 9.17) is 11.2 Å². The van der Waals surface area contributed by atoms with E-state index in [1.165, 1.54) is 24.3 Å². The first-order valence-corrected chi connectivity index (χ1v) is 11.7. The van der Waals surface area contributed by atoms with Gasteiger partial charge in [-0.1, -0.05) is 24.6 Å². The van der Waals surface area contributed by atoms with Crippen LogP contribution in [0.2, 0.25) is 0 Å². The molecule has 3 saturated carbocycles. The molecule has 4 aliphatic carbocycles. The first kappa shape index (κ1) is 20.7. The Bertz CT molecular complexity index is 823. The number of hydrogen-bond donors (Lipinski definition) is 0. The monoisotopic (exact) mass is 414 g/mol. The molecular weight excluding hydrogens is 384 g/mol. The number of hydrogen-bond acceptors (Lipinski definition) is 5. The molecular formula is C24H30O4S. The van der Waals surface area contributed by atoms with Gasteiger partial charge in [0.15, 0.2) is 16.5 Å². The number of thioether (sulfide) groups is 1. The Morgan fingerprint density at radius 3 is 2.62 bits per heavy atom. The predicted molar refractivity (Wildman–Crippen MR) is 113 cm³/mol. The molecule has 4 aliphatic rings. The minimum Gasteiger partial charge on any atom is -0.445 e. The van der Waals surface area contributed by atoms with Crippen LogP contribution in [-0.4, -0.2) is 27.7 Å². The van der Waals surface area contributed by atoms with Crippen LogP contribution in [0, 0.1) is 41.4 Å². The summed E-state index contributed by atoms with van der Waals surface area (Å²) >= 11 is 1.38. The number of fused-ring (bicyclic) bond motifs is 5. The zero-order chi connectivity index (χ0) is 21.0. The summed E-state index contributed by atoms with van der Waals surface area (Å²) in [5.41, 5.74) is 0.148. The van der Waals surface area contributed by atoms with Gasteiger partial charge in [0.2, 0.25) is 0 Å². The van der Waals surface area contributed by atoms with Crippen LogP contribution in [0.3, 0.4) is 0 Å². The number of carbonyl (C=O) groups excluding carboxylic acids is 3. The SMILES string of the molecule is C#CC1(OC(C)=O)CC[C@H]2[C@@H]3CC(SC(C)=O)C4=CC(=O)CC[C@@H]4[C@H]3CC[C@@]21C. The maximum atomic E-state index is 12.1. The molecule has 0 aromatic carbocycles. The van der Waals surface area contributed by atoms with Crippen molar-refractivity contribution >= 4 is 28.6 Å². The van der Waals surface area contributed by atoms with Crippen LogP contribution >= 0.6 is 11.8 Å². The molecule has 0 aromatic heterocycles. The smallest absolute Gasteiger partial charge is 0.304 e. The molecule has 0 bridgehead atoms. The highest BCUT2D eigenvalue weighted by Gasteiger charge is 2.65. The van der Waals surface area contributed by atoms with E-state index in [1.807, 2.05) is 6.08 Å². The fraction of sp³-hybridized carbons (Fsp3) is 0.708. The average molecular weight is 415 g/mol. The topological polar surface area (TPSA) is 60.4 Å². The van der Waals surface area contributed by atoms with Gasteiger partial charge in [-0.05, 0) is 73.8 Å². The lowest BCUT2D eigenvalue weighted by atomic mass is 9.50. The molecule has 29 heavy (non-hydrogen) atoms. The molecule has 4 rings (SSSR count). The van der Waals surface area contributed by atoms with E-state index in [2.05, 4.69) is 12.8 Å². The van der Waals surface area contributed by atoms with Crippen molar-refractivity contribution < 1.29 is 19.1 Å². The summed E-state index contributed by atoms with van der Waals surface area (Å²) < 4.78 is 5.82. The molecule has 0 spiro atoms. The number of carbonyl (C=O) groups is 3. The van der Waals surface area contributed by atoms with Gasteiger partial charge in [0.05, 0.1) is 0 Å². The van der Waals surface area contributed by atoms with E-state index in [9.17, 15) is 14.4 Å². The van der Waals surface area contributed by atoms with Crippen LogP contribution in [0.5, 0.6) is 0 Å². The highest BCUT2D eigenvalue weighted by molar-refractivity contribution is 8.14. The summed E-state index contributed by atoms with van der Waals surface area (Å²) in [5.74, 6) is 4.53. The lowest BCUT2D eigenvalue weighted by molar-refractivity contribution is -0.167. The zero-order valence-electron chi connectivity index (χ0n) is 17.5. The fourth-order valence-electron chi connectivity index (χ4n) is 7.16. The molecule has 0 aromatic rings. The van der Waals surface area contributed by atoms with Gasteiger partial charge in [-0.3, -0.25) is 14.4 Å². The van der Waals surface area contributed by atoms with Gasteiger partial charge in [0.25, 0.3) is 0 Å². The molecule has 2 unspecified atom stereocenters. The van der Waals surface area contributed by atoms with Crippen LogP contribution in [-0.2, 0) is 19.1 Å². The van der Waals surface area contributed by atoms with Crippen molar-refractivity contribution in [3.8, 4) is 12.3 Å². The summed E-state index contributed by atoms with van der Waals surface area (Å²) in [6.07, 6.45) is 13.9. The molecule has 156 valence electrons. The molecule has 4 nitrogen and oxygen atoms in total. The number of ether oxygens (including phenoxy) is 1. The van der Waals surface area contributed by atoms with Crippen LogP contribution in [0.25, 0.3) is 0 Å². The maximum absolute atomic E-state index is 12.1. The van der Waals surface area contributed by atoms with Gasteiger partial charge >= 0.3 is 5.97 Å². The Morgan fingerprint density at radius 1 is 1.21 bits per heavy atom. The van der Waals surface area contributed by atoms with E-state index in [0.717, 1.165) is 32.1 Å². The third kappa shape index (κ3) is 3.19. The van der Waals surface area contributed by atoms with Crippen molar-refractivity contribution in [3.63, 3.8) is 0 Å².